The van der Waals surface area contributed by atoms with Crippen molar-refractivity contribution in [3.63, 3.8) is 0 Å². The Morgan fingerprint density at radius 3 is 2.27 bits per heavy atom. The average Bonchev–Trinajstić information content (AvgIpc) is 3.38. The van der Waals surface area contributed by atoms with Gasteiger partial charge in [-0.25, -0.2) is 4.31 Å². The zero-order valence-electron chi connectivity index (χ0n) is 28.2. The lowest BCUT2D eigenvalue weighted by Gasteiger charge is -2.36. The molecule has 1 unspecified atom stereocenters. The fourth-order valence-corrected chi connectivity index (χ4v) is 9.10. The Hall–Kier alpha value is -3.17. The quantitative estimate of drug-likeness (QED) is 0.217. The predicted octanol–water partition coefficient (Wildman–Crippen LogP) is 6.77. The zero-order valence-corrected chi connectivity index (χ0v) is 30.0. The smallest absolute Gasteiger partial charge is 0.340 e. The first kappa shape index (κ1) is 37.6. The van der Waals surface area contributed by atoms with Gasteiger partial charge in [-0.3, -0.25) is 23.5 Å². The predicted molar refractivity (Wildman–Crippen MR) is 182 cm³/mol. The minimum atomic E-state index is -5.62. The van der Waals surface area contributed by atoms with Crippen LogP contribution in [0.15, 0.2) is 54.6 Å². The maximum Gasteiger partial charge on any atom is 0.407 e. The van der Waals surface area contributed by atoms with Crippen molar-refractivity contribution in [3.8, 4) is 0 Å². The molecular formula is C34H45F2N3O7P2. The highest BCUT2D eigenvalue weighted by atomic mass is 31.3. The Morgan fingerprint density at radius 1 is 1.00 bits per heavy atom. The van der Waals surface area contributed by atoms with Crippen LogP contribution in [0.1, 0.15) is 70.1 Å². The van der Waals surface area contributed by atoms with Gasteiger partial charge in [0, 0.05) is 43.7 Å². The summed E-state index contributed by atoms with van der Waals surface area (Å²) in [6.45, 7) is 9.94. The molecule has 2 aliphatic rings. The molecule has 2 aromatic carbocycles. The van der Waals surface area contributed by atoms with Crippen molar-refractivity contribution in [1.29, 1.82) is 0 Å². The summed E-state index contributed by atoms with van der Waals surface area (Å²) < 4.78 is 58.1. The van der Waals surface area contributed by atoms with Crippen LogP contribution in [0.3, 0.4) is 0 Å². The number of nitrogens with one attached hydrogen (secondary N) is 1. The van der Waals surface area contributed by atoms with E-state index in [4.69, 9.17) is 0 Å². The Labute approximate surface area is 280 Å². The minimum absolute atomic E-state index is 0.124. The molecule has 0 radical (unpaired) electrons. The molecule has 2 aliphatic heterocycles. The number of likely N-dealkylation sites (tertiary alicyclic amines) is 1. The maximum atomic E-state index is 14.8. The molecule has 262 valence electrons. The van der Waals surface area contributed by atoms with Crippen LogP contribution in [0.5, 0.6) is 0 Å². The van der Waals surface area contributed by atoms with Gasteiger partial charge >= 0.3 is 13.3 Å². The van der Waals surface area contributed by atoms with Gasteiger partial charge in [0.05, 0.1) is 0 Å². The van der Waals surface area contributed by atoms with E-state index in [1.165, 1.54) is 18.2 Å². The second-order valence-electron chi connectivity index (χ2n) is 13.9. The minimum Gasteiger partial charge on any atom is -0.340 e. The lowest BCUT2D eigenvalue weighted by molar-refractivity contribution is -0.142. The number of rotatable bonds is 9. The summed E-state index contributed by atoms with van der Waals surface area (Å²) in [5.41, 5.74) is -3.12. The van der Waals surface area contributed by atoms with Crippen LogP contribution in [0.2, 0.25) is 0 Å². The molecule has 1 fully saturated rings. The molecule has 2 N–H and O–H groups in total. The van der Waals surface area contributed by atoms with Crippen molar-refractivity contribution < 1.29 is 41.5 Å². The number of fused-ring (bicyclic) bond motifs is 1. The Morgan fingerprint density at radius 2 is 1.65 bits per heavy atom. The van der Waals surface area contributed by atoms with Gasteiger partial charge in [0.15, 0.2) is 0 Å². The van der Waals surface area contributed by atoms with Gasteiger partial charge < -0.3 is 20.0 Å². The van der Waals surface area contributed by atoms with Gasteiger partial charge in [-0.15, -0.1) is 0 Å². The molecule has 2 aromatic rings. The number of carbonyl (C=O) groups is 3. The Bertz CT molecular complexity index is 1670. The van der Waals surface area contributed by atoms with Crippen molar-refractivity contribution in [1.82, 2.24) is 10.2 Å². The molecule has 0 aromatic heterocycles. The number of hydrogen-bond acceptors (Lipinski definition) is 6. The van der Waals surface area contributed by atoms with E-state index in [0.29, 0.717) is 37.1 Å². The normalized spacial score (nSPS) is 19.6. The van der Waals surface area contributed by atoms with E-state index in [9.17, 15) is 37.2 Å². The van der Waals surface area contributed by atoms with Crippen LogP contribution in [-0.4, -0.2) is 66.0 Å². The van der Waals surface area contributed by atoms with Gasteiger partial charge in [0.2, 0.25) is 25.1 Å². The third-order valence-corrected chi connectivity index (χ3v) is 12.0. The standard InChI is InChI=1S/C34H45F2N3O7P2/c1-23(24-16-18-26(19-17-24)34(35,36)48(44,45)46-47(5,6)43)22-29(40)37-30(33(2,3)4)32(42)39-21-11-15-28(39)31(41)38-20-10-9-13-25-12-7-8-14-27(25)38/h7-8,12,14,16-19,22,28,30H,9-11,13,15,20-21H2,1-6H3,(H,37,40)(H,44,45)/b23-22+/t28-,30+/m0/s1. The third-order valence-electron chi connectivity index (χ3n) is 8.54. The number of halogens is 2. The van der Waals surface area contributed by atoms with Gasteiger partial charge in [-0.1, -0.05) is 63.2 Å². The first-order chi connectivity index (χ1) is 22.2. The van der Waals surface area contributed by atoms with Gasteiger partial charge in [-0.2, -0.15) is 8.78 Å². The zero-order chi connectivity index (χ0) is 35.7. The summed E-state index contributed by atoms with van der Waals surface area (Å²) in [7, 11) is -9.33. The summed E-state index contributed by atoms with van der Waals surface area (Å²) in [4.78, 5) is 54.6. The Kier molecular flexibility index (Phi) is 11.3. The molecule has 4 rings (SSSR count). The fraction of sp³-hybridized carbons (Fsp3) is 0.500. The van der Waals surface area contributed by atoms with Crippen LogP contribution in [-0.2, 0) is 39.9 Å². The van der Waals surface area contributed by atoms with Gasteiger partial charge in [0.1, 0.15) is 12.1 Å². The third kappa shape index (κ3) is 8.51. The van der Waals surface area contributed by atoms with E-state index in [2.05, 4.69) is 9.63 Å². The van der Waals surface area contributed by atoms with Crippen molar-refractivity contribution in [2.45, 2.75) is 77.5 Å². The first-order valence-electron chi connectivity index (χ1n) is 16.0. The molecule has 1 saturated heterocycles. The van der Waals surface area contributed by atoms with E-state index in [-0.39, 0.29) is 11.8 Å². The number of amides is 3. The van der Waals surface area contributed by atoms with Crippen molar-refractivity contribution in [3.05, 3.63) is 71.3 Å². The van der Waals surface area contributed by atoms with E-state index in [0.717, 1.165) is 56.0 Å². The lowest BCUT2D eigenvalue weighted by atomic mass is 9.85. The molecular weight excluding hydrogens is 662 g/mol. The molecule has 0 aliphatic carbocycles. The number of carbonyl (C=O) groups excluding carboxylic acids is 3. The van der Waals surface area contributed by atoms with Crippen LogP contribution in [0.25, 0.3) is 5.57 Å². The summed E-state index contributed by atoms with van der Waals surface area (Å²) in [5.74, 6) is -1.07. The maximum absolute atomic E-state index is 14.8. The fourth-order valence-electron chi connectivity index (χ4n) is 6.08. The number of aryl methyl sites for hydroxylation is 1. The number of alkyl halides is 2. The van der Waals surface area contributed by atoms with Crippen LogP contribution < -0.4 is 10.2 Å². The number of para-hydroxylation sites is 1. The number of hydrogen-bond donors (Lipinski definition) is 2. The molecule has 3 atom stereocenters. The van der Waals surface area contributed by atoms with Crippen LogP contribution in [0, 0.1) is 5.41 Å². The highest BCUT2D eigenvalue weighted by Crippen LogP contribution is 2.69. The van der Waals surface area contributed by atoms with Gasteiger partial charge in [0.25, 0.3) is 0 Å². The summed E-state index contributed by atoms with van der Waals surface area (Å²) in [6, 6.07) is 10.6. The number of nitrogens with zero attached hydrogens (tertiary/aromatic N) is 2. The summed E-state index contributed by atoms with van der Waals surface area (Å²) in [6.07, 6.45) is 5.13. The molecule has 3 amide bonds. The number of benzene rings is 2. The van der Waals surface area contributed by atoms with E-state index in [1.54, 1.807) is 16.7 Å². The lowest BCUT2D eigenvalue weighted by Crippen LogP contribution is -2.58. The van der Waals surface area contributed by atoms with Crippen LogP contribution >= 0.6 is 15.0 Å². The second kappa shape index (κ2) is 14.4. The van der Waals surface area contributed by atoms with Crippen molar-refractivity contribution in [2.24, 2.45) is 5.41 Å². The highest BCUT2D eigenvalue weighted by molar-refractivity contribution is 7.68. The average molecular weight is 708 g/mol. The largest absolute Gasteiger partial charge is 0.407 e. The highest BCUT2D eigenvalue weighted by Gasteiger charge is 2.54. The van der Waals surface area contributed by atoms with Crippen molar-refractivity contribution >= 4 is 43.9 Å². The molecule has 0 saturated carbocycles. The van der Waals surface area contributed by atoms with Crippen LogP contribution in [0.4, 0.5) is 14.5 Å². The Balaban J connectivity index is 1.50. The monoisotopic (exact) mass is 707 g/mol. The summed E-state index contributed by atoms with van der Waals surface area (Å²) >= 11 is 0. The molecule has 48 heavy (non-hydrogen) atoms. The molecule has 10 nitrogen and oxygen atoms in total. The van der Waals surface area contributed by atoms with E-state index in [1.807, 2.05) is 45.0 Å². The topological polar surface area (TPSA) is 133 Å². The van der Waals surface area contributed by atoms with Crippen molar-refractivity contribution in [2.75, 3.05) is 31.3 Å². The number of allylic oxidation sites excluding steroid dienone is 1. The van der Waals surface area contributed by atoms with Gasteiger partial charge in [-0.05, 0) is 67.2 Å². The first-order valence-corrected chi connectivity index (χ1v) is 20.1. The molecule has 14 heteroatoms. The molecule has 0 spiro atoms. The SMILES string of the molecule is C/C(=C\C(=O)N[C@H](C(=O)N1CCC[C@H]1C(=O)N1CCCCc2ccccc21)C(C)(C)C)c1ccc(C(F)(F)P(=O)(O)OP(C)(C)=O)cc1. The summed E-state index contributed by atoms with van der Waals surface area (Å²) in [5, 5.41) is 2.81. The number of anilines is 1. The molecule has 0 bridgehead atoms. The van der Waals surface area contributed by atoms with E-state index >= 15 is 0 Å². The molecule has 2 heterocycles. The van der Waals surface area contributed by atoms with E-state index < -0.39 is 49.6 Å². The second-order valence-corrected chi connectivity index (χ2v) is 18.6.